The SMILES string of the molecule is CC1=C(C)C[C@@H](C(C)C)CC1. The molecule has 0 amide bonds. The van der Waals surface area contributed by atoms with Crippen molar-refractivity contribution >= 4 is 0 Å². The van der Waals surface area contributed by atoms with Gasteiger partial charge in [-0.3, -0.25) is 0 Å². The van der Waals surface area contributed by atoms with E-state index in [-0.39, 0.29) is 0 Å². The van der Waals surface area contributed by atoms with Gasteiger partial charge in [-0.1, -0.05) is 25.0 Å². The minimum atomic E-state index is 0.873. The summed E-state index contributed by atoms with van der Waals surface area (Å²) in [5.74, 6) is 1.83. The molecule has 0 aromatic heterocycles. The van der Waals surface area contributed by atoms with Crippen LogP contribution in [0.4, 0.5) is 0 Å². The van der Waals surface area contributed by atoms with Crippen molar-refractivity contribution in [3.63, 3.8) is 0 Å². The van der Waals surface area contributed by atoms with Gasteiger partial charge in [0.1, 0.15) is 0 Å². The zero-order chi connectivity index (χ0) is 8.43. The van der Waals surface area contributed by atoms with E-state index in [9.17, 15) is 0 Å². The molecular formula is C11H20. The highest BCUT2D eigenvalue weighted by Crippen LogP contribution is 2.33. The van der Waals surface area contributed by atoms with Gasteiger partial charge in [-0.15, -0.1) is 0 Å². The smallest absolute Gasteiger partial charge is 0.0289 e. The average molecular weight is 152 g/mol. The summed E-state index contributed by atoms with van der Waals surface area (Å²) in [4.78, 5) is 0. The van der Waals surface area contributed by atoms with Crippen LogP contribution in [0.3, 0.4) is 0 Å². The van der Waals surface area contributed by atoms with E-state index in [1.165, 1.54) is 19.3 Å². The zero-order valence-corrected chi connectivity index (χ0v) is 8.28. The molecule has 0 heteroatoms. The molecule has 0 saturated heterocycles. The first kappa shape index (κ1) is 8.83. The largest absolute Gasteiger partial charge is 0.0744 e. The van der Waals surface area contributed by atoms with Crippen molar-refractivity contribution in [3.8, 4) is 0 Å². The maximum atomic E-state index is 2.35. The van der Waals surface area contributed by atoms with Crippen LogP contribution >= 0.6 is 0 Å². The second-order valence-corrected chi connectivity index (χ2v) is 4.31. The van der Waals surface area contributed by atoms with Crippen LogP contribution in [0.5, 0.6) is 0 Å². The normalized spacial score (nSPS) is 26.5. The summed E-state index contributed by atoms with van der Waals surface area (Å²) < 4.78 is 0. The Morgan fingerprint density at radius 2 is 1.82 bits per heavy atom. The van der Waals surface area contributed by atoms with Crippen LogP contribution in [-0.4, -0.2) is 0 Å². The van der Waals surface area contributed by atoms with Gasteiger partial charge in [0.2, 0.25) is 0 Å². The molecule has 0 aromatic carbocycles. The summed E-state index contributed by atoms with van der Waals surface area (Å²) >= 11 is 0. The highest BCUT2D eigenvalue weighted by molar-refractivity contribution is 5.13. The molecule has 0 fully saturated rings. The molecule has 0 nitrogen and oxygen atoms in total. The zero-order valence-electron chi connectivity index (χ0n) is 8.28. The van der Waals surface area contributed by atoms with Crippen LogP contribution in [0.25, 0.3) is 0 Å². The molecule has 0 saturated carbocycles. The van der Waals surface area contributed by atoms with Crippen molar-refractivity contribution in [1.82, 2.24) is 0 Å². The Morgan fingerprint density at radius 1 is 1.18 bits per heavy atom. The van der Waals surface area contributed by atoms with E-state index in [0.717, 1.165) is 11.8 Å². The number of allylic oxidation sites excluding steroid dienone is 2. The van der Waals surface area contributed by atoms with Gasteiger partial charge in [-0.25, -0.2) is 0 Å². The highest BCUT2D eigenvalue weighted by atomic mass is 14.2. The van der Waals surface area contributed by atoms with Gasteiger partial charge < -0.3 is 0 Å². The Bertz CT molecular complexity index is 163. The van der Waals surface area contributed by atoms with Crippen LogP contribution in [0.15, 0.2) is 11.1 Å². The molecule has 0 heterocycles. The fourth-order valence-electron chi connectivity index (χ4n) is 1.85. The van der Waals surface area contributed by atoms with Crippen LogP contribution in [0.2, 0.25) is 0 Å². The average Bonchev–Trinajstić information content (AvgIpc) is 1.94. The number of hydrogen-bond acceptors (Lipinski definition) is 0. The quantitative estimate of drug-likeness (QED) is 0.502. The summed E-state index contributed by atoms with van der Waals surface area (Å²) in [7, 11) is 0. The molecule has 0 bridgehead atoms. The summed E-state index contributed by atoms with van der Waals surface area (Å²) in [6.45, 7) is 9.27. The highest BCUT2D eigenvalue weighted by Gasteiger charge is 2.18. The standard InChI is InChI=1S/C11H20/c1-8(2)11-6-5-9(3)10(4)7-11/h8,11H,5-7H2,1-4H3/t11-/m0/s1. The van der Waals surface area contributed by atoms with Gasteiger partial charge in [-0.2, -0.15) is 0 Å². The van der Waals surface area contributed by atoms with Gasteiger partial charge in [0.25, 0.3) is 0 Å². The molecule has 0 radical (unpaired) electrons. The van der Waals surface area contributed by atoms with Crippen LogP contribution in [0.1, 0.15) is 47.0 Å². The molecule has 64 valence electrons. The van der Waals surface area contributed by atoms with Crippen molar-refractivity contribution in [1.29, 1.82) is 0 Å². The second-order valence-electron chi connectivity index (χ2n) is 4.31. The Balaban J connectivity index is 2.57. The van der Waals surface area contributed by atoms with E-state index in [1.807, 2.05) is 0 Å². The first-order chi connectivity index (χ1) is 5.11. The molecule has 1 rings (SSSR count). The van der Waals surface area contributed by atoms with Gasteiger partial charge >= 0.3 is 0 Å². The van der Waals surface area contributed by atoms with Crippen LogP contribution < -0.4 is 0 Å². The van der Waals surface area contributed by atoms with Crippen molar-refractivity contribution < 1.29 is 0 Å². The molecule has 1 aliphatic carbocycles. The third kappa shape index (κ3) is 2.08. The van der Waals surface area contributed by atoms with E-state index in [4.69, 9.17) is 0 Å². The molecule has 0 unspecified atom stereocenters. The van der Waals surface area contributed by atoms with Crippen LogP contribution in [0, 0.1) is 11.8 Å². The van der Waals surface area contributed by atoms with Gasteiger partial charge in [0.15, 0.2) is 0 Å². The first-order valence-corrected chi connectivity index (χ1v) is 4.76. The molecule has 0 aromatic rings. The lowest BCUT2D eigenvalue weighted by Crippen LogP contribution is -2.13. The second kappa shape index (κ2) is 3.42. The Kier molecular flexibility index (Phi) is 2.75. The predicted octanol–water partition coefficient (Wildman–Crippen LogP) is 3.78. The molecule has 0 N–H and O–H groups in total. The topological polar surface area (TPSA) is 0 Å². The predicted molar refractivity (Wildman–Crippen MR) is 50.6 cm³/mol. The first-order valence-electron chi connectivity index (χ1n) is 4.76. The maximum Gasteiger partial charge on any atom is -0.0289 e. The third-order valence-electron chi connectivity index (χ3n) is 3.13. The monoisotopic (exact) mass is 152 g/mol. The summed E-state index contributed by atoms with van der Waals surface area (Å²) in [6, 6.07) is 0. The lowest BCUT2D eigenvalue weighted by Gasteiger charge is -2.27. The minimum absolute atomic E-state index is 0.873. The minimum Gasteiger partial charge on any atom is -0.0744 e. The van der Waals surface area contributed by atoms with Crippen molar-refractivity contribution in [2.45, 2.75) is 47.0 Å². The summed E-state index contributed by atoms with van der Waals surface area (Å²) in [6.07, 6.45) is 4.11. The Morgan fingerprint density at radius 3 is 2.27 bits per heavy atom. The van der Waals surface area contributed by atoms with Crippen LogP contribution in [-0.2, 0) is 0 Å². The number of hydrogen-bond donors (Lipinski definition) is 0. The van der Waals surface area contributed by atoms with Crippen molar-refractivity contribution in [2.24, 2.45) is 11.8 Å². The fraction of sp³-hybridized carbons (Fsp3) is 0.818. The van der Waals surface area contributed by atoms with E-state index >= 15 is 0 Å². The lowest BCUT2D eigenvalue weighted by molar-refractivity contribution is 0.341. The molecule has 0 spiro atoms. The van der Waals surface area contributed by atoms with Gasteiger partial charge in [-0.05, 0) is 44.9 Å². The molecule has 11 heavy (non-hydrogen) atoms. The third-order valence-corrected chi connectivity index (χ3v) is 3.13. The number of rotatable bonds is 1. The molecule has 0 aliphatic heterocycles. The lowest BCUT2D eigenvalue weighted by atomic mass is 9.79. The van der Waals surface area contributed by atoms with Crippen molar-refractivity contribution in [2.75, 3.05) is 0 Å². The van der Waals surface area contributed by atoms with E-state index in [0.29, 0.717) is 0 Å². The maximum absolute atomic E-state index is 2.35. The molecule has 1 aliphatic rings. The fourth-order valence-corrected chi connectivity index (χ4v) is 1.85. The van der Waals surface area contributed by atoms with E-state index < -0.39 is 0 Å². The Labute approximate surface area is 70.7 Å². The van der Waals surface area contributed by atoms with Gasteiger partial charge in [0.05, 0.1) is 0 Å². The van der Waals surface area contributed by atoms with E-state index in [2.05, 4.69) is 27.7 Å². The summed E-state index contributed by atoms with van der Waals surface area (Å²) in [5, 5.41) is 0. The van der Waals surface area contributed by atoms with Crippen molar-refractivity contribution in [3.05, 3.63) is 11.1 Å². The van der Waals surface area contributed by atoms with Gasteiger partial charge in [0, 0.05) is 0 Å². The Hall–Kier alpha value is -0.260. The molecular weight excluding hydrogens is 132 g/mol. The molecule has 1 atom stereocenters. The van der Waals surface area contributed by atoms with E-state index in [1.54, 1.807) is 11.1 Å². The summed E-state index contributed by atoms with van der Waals surface area (Å²) in [5.41, 5.74) is 3.29.